The molecule has 2 N–H and O–H groups in total. The first-order valence-corrected chi connectivity index (χ1v) is 21.7. The topological polar surface area (TPSA) is 136 Å². The van der Waals surface area contributed by atoms with Crippen LogP contribution in [0.5, 0.6) is 0 Å². The minimum absolute atomic E-state index is 0.172. The molecule has 2 heterocycles. The normalized spacial score (nSPS) is 18.7. The van der Waals surface area contributed by atoms with Gasteiger partial charge in [-0.15, -0.1) is 0 Å². The first-order chi connectivity index (χ1) is 30.2. The molecular formula is C50H62F2N4O8. The molecule has 0 unspecified atom stereocenters. The lowest BCUT2D eigenvalue weighted by atomic mass is 9.89. The van der Waals surface area contributed by atoms with Crippen molar-refractivity contribution in [3.8, 4) is 0 Å². The third kappa shape index (κ3) is 15.0. The molecule has 344 valence electrons. The van der Waals surface area contributed by atoms with E-state index in [0.29, 0.717) is 38.8 Å². The molecule has 0 saturated carbocycles. The molecule has 2 saturated heterocycles. The third-order valence-electron chi connectivity index (χ3n) is 10.7. The minimum Gasteiger partial charge on any atom is -0.445 e. The molecule has 4 atom stereocenters. The Hall–Kier alpha value is -6.18. The van der Waals surface area contributed by atoms with Gasteiger partial charge in [0, 0.05) is 25.2 Å². The molecule has 4 aromatic carbocycles. The Morgan fingerprint density at radius 1 is 0.578 bits per heavy atom. The summed E-state index contributed by atoms with van der Waals surface area (Å²) in [6.07, 6.45) is 0.247. The molecule has 0 spiro atoms. The first-order valence-electron chi connectivity index (χ1n) is 21.7. The standard InChI is InChI=1S/2C25H31FN2O4/c2*1-17-14-19(26)10-11-21(17)22-15-20(27-23(29)32-25(2,3)4)12-13-28(22)24(30)31-16-18-8-6-5-7-9-18/h2*5-11,14,20,22H,12-13,15-16H2,1-4H3,(H,27,29)/t2*20-,22-/m10/s1. The number of ether oxygens (including phenoxy) is 4. The van der Waals surface area contributed by atoms with Gasteiger partial charge < -0.3 is 39.4 Å². The maximum Gasteiger partial charge on any atom is 0.410 e. The summed E-state index contributed by atoms with van der Waals surface area (Å²) >= 11 is 0. The molecule has 14 heteroatoms. The van der Waals surface area contributed by atoms with Crippen LogP contribution in [-0.2, 0) is 32.2 Å². The summed E-state index contributed by atoms with van der Waals surface area (Å²) in [5, 5.41) is 5.82. The molecule has 0 bridgehead atoms. The van der Waals surface area contributed by atoms with E-state index in [-0.39, 0.29) is 49.0 Å². The van der Waals surface area contributed by atoms with Gasteiger partial charge in [-0.3, -0.25) is 0 Å². The van der Waals surface area contributed by atoms with Gasteiger partial charge in [-0.1, -0.05) is 72.8 Å². The Morgan fingerprint density at radius 3 is 1.27 bits per heavy atom. The van der Waals surface area contributed by atoms with Crippen molar-refractivity contribution in [2.24, 2.45) is 0 Å². The number of rotatable bonds is 8. The van der Waals surface area contributed by atoms with Crippen molar-refractivity contribution in [3.05, 3.63) is 142 Å². The number of carbonyl (C=O) groups excluding carboxylic acids is 4. The number of hydrogen-bond donors (Lipinski definition) is 2. The van der Waals surface area contributed by atoms with Crippen LogP contribution < -0.4 is 10.6 Å². The number of piperidine rings is 2. The Morgan fingerprint density at radius 2 is 0.938 bits per heavy atom. The predicted molar refractivity (Wildman–Crippen MR) is 239 cm³/mol. The van der Waals surface area contributed by atoms with Crippen LogP contribution in [0.4, 0.5) is 28.0 Å². The number of carbonyl (C=O) groups is 4. The van der Waals surface area contributed by atoms with Crippen LogP contribution in [0.1, 0.15) is 113 Å². The SMILES string of the molecule is Cc1cc(F)ccc1[C@@H]1C[C@@H](NC(=O)OC(C)(C)C)CCN1C(=O)OCc1ccccc1.Cc1cc(F)ccc1[C@H]1C[C@H](NC(=O)OC(C)(C)C)CCN1C(=O)OCc1ccccc1. The van der Waals surface area contributed by atoms with Crippen LogP contribution >= 0.6 is 0 Å². The molecule has 64 heavy (non-hydrogen) atoms. The molecule has 6 rings (SSSR count). The van der Waals surface area contributed by atoms with Gasteiger partial charge in [0.25, 0.3) is 0 Å². The third-order valence-corrected chi connectivity index (χ3v) is 10.7. The van der Waals surface area contributed by atoms with E-state index in [1.54, 1.807) is 21.9 Å². The van der Waals surface area contributed by atoms with Crippen molar-refractivity contribution in [2.45, 2.75) is 130 Å². The smallest absolute Gasteiger partial charge is 0.410 e. The zero-order valence-corrected chi connectivity index (χ0v) is 38.1. The maximum absolute atomic E-state index is 13.7. The Bertz CT molecular complexity index is 2040. The molecule has 4 amide bonds. The van der Waals surface area contributed by atoms with Crippen molar-refractivity contribution in [1.82, 2.24) is 20.4 Å². The maximum atomic E-state index is 13.7. The van der Waals surface area contributed by atoms with Crippen LogP contribution in [0.25, 0.3) is 0 Å². The van der Waals surface area contributed by atoms with Gasteiger partial charge in [0.05, 0.1) is 12.1 Å². The van der Waals surface area contributed by atoms with Gasteiger partial charge in [0.15, 0.2) is 0 Å². The highest BCUT2D eigenvalue weighted by Crippen LogP contribution is 2.36. The fourth-order valence-corrected chi connectivity index (χ4v) is 7.80. The van der Waals surface area contributed by atoms with E-state index in [4.69, 9.17) is 18.9 Å². The van der Waals surface area contributed by atoms with Crippen molar-refractivity contribution in [1.29, 1.82) is 0 Å². The number of likely N-dealkylation sites (tertiary alicyclic amines) is 2. The number of hydrogen-bond acceptors (Lipinski definition) is 8. The predicted octanol–water partition coefficient (Wildman–Crippen LogP) is 11.0. The largest absolute Gasteiger partial charge is 0.445 e. The minimum atomic E-state index is -0.598. The molecule has 4 aromatic rings. The van der Waals surface area contributed by atoms with Gasteiger partial charge in [-0.2, -0.15) is 0 Å². The van der Waals surface area contributed by atoms with Crippen LogP contribution in [0.15, 0.2) is 97.1 Å². The zero-order chi connectivity index (χ0) is 46.6. The van der Waals surface area contributed by atoms with Crippen molar-refractivity contribution in [2.75, 3.05) is 13.1 Å². The molecule has 12 nitrogen and oxygen atoms in total. The van der Waals surface area contributed by atoms with Crippen LogP contribution in [0.3, 0.4) is 0 Å². The summed E-state index contributed by atoms with van der Waals surface area (Å²) < 4.78 is 49.3. The molecule has 2 fully saturated rings. The lowest BCUT2D eigenvalue weighted by Gasteiger charge is -2.40. The second-order valence-electron chi connectivity index (χ2n) is 18.2. The Balaban J connectivity index is 0.000000241. The van der Waals surface area contributed by atoms with Crippen molar-refractivity contribution < 1.29 is 46.9 Å². The van der Waals surface area contributed by atoms with Gasteiger partial charge in [0.2, 0.25) is 0 Å². The molecular weight excluding hydrogens is 823 g/mol. The van der Waals surface area contributed by atoms with Crippen molar-refractivity contribution in [3.63, 3.8) is 0 Å². The fraction of sp³-hybridized carbons (Fsp3) is 0.440. The monoisotopic (exact) mass is 884 g/mol. The molecule has 0 radical (unpaired) electrons. The molecule has 2 aliphatic rings. The van der Waals surface area contributed by atoms with E-state index in [9.17, 15) is 28.0 Å². The van der Waals surface area contributed by atoms with E-state index in [2.05, 4.69) is 10.6 Å². The molecule has 0 aromatic heterocycles. The summed E-state index contributed by atoms with van der Waals surface area (Å²) in [4.78, 5) is 53.8. The average molecular weight is 885 g/mol. The number of nitrogens with one attached hydrogen (secondary N) is 2. The number of amides is 4. The second kappa shape index (κ2) is 21.9. The second-order valence-corrected chi connectivity index (χ2v) is 18.2. The van der Waals surface area contributed by atoms with Gasteiger partial charge >= 0.3 is 24.4 Å². The number of aryl methyl sites for hydroxylation is 2. The average Bonchev–Trinajstić information content (AvgIpc) is 3.21. The zero-order valence-electron chi connectivity index (χ0n) is 38.1. The highest BCUT2D eigenvalue weighted by molar-refractivity contribution is 5.71. The summed E-state index contributed by atoms with van der Waals surface area (Å²) in [6.45, 7) is 15.6. The van der Waals surface area contributed by atoms with E-state index < -0.39 is 35.6 Å². The highest BCUT2D eigenvalue weighted by Gasteiger charge is 2.37. The van der Waals surface area contributed by atoms with Crippen LogP contribution in [0.2, 0.25) is 0 Å². The van der Waals surface area contributed by atoms with Crippen LogP contribution in [-0.4, -0.2) is 70.5 Å². The van der Waals surface area contributed by atoms with E-state index in [0.717, 1.165) is 33.4 Å². The highest BCUT2D eigenvalue weighted by atomic mass is 19.1. The van der Waals surface area contributed by atoms with Crippen molar-refractivity contribution >= 4 is 24.4 Å². The number of alkyl carbamates (subject to hydrolysis) is 2. The van der Waals surface area contributed by atoms with Crippen LogP contribution in [0, 0.1) is 25.5 Å². The van der Waals surface area contributed by atoms with Gasteiger partial charge in [-0.25, -0.2) is 28.0 Å². The van der Waals surface area contributed by atoms with E-state index >= 15 is 0 Å². The molecule has 0 aliphatic carbocycles. The van der Waals surface area contributed by atoms with E-state index in [1.165, 1.54) is 24.3 Å². The number of nitrogens with zero attached hydrogens (tertiary/aromatic N) is 2. The quantitative estimate of drug-likeness (QED) is 0.167. The lowest BCUT2D eigenvalue weighted by molar-refractivity contribution is 0.0397. The Labute approximate surface area is 375 Å². The fourth-order valence-electron chi connectivity index (χ4n) is 7.80. The molecule has 2 aliphatic heterocycles. The summed E-state index contributed by atoms with van der Waals surface area (Å²) in [7, 11) is 0. The summed E-state index contributed by atoms with van der Waals surface area (Å²) in [5.74, 6) is -0.660. The number of halogens is 2. The summed E-state index contributed by atoms with van der Waals surface area (Å²) in [5.41, 5.74) is 3.76. The van der Waals surface area contributed by atoms with E-state index in [1.807, 2.05) is 116 Å². The first kappa shape index (κ1) is 48.8. The van der Waals surface area contributed by atoms with Gasteiger partial charge in [0.1, 0.15) is 36.1 Å². The summed E-state index contributed by atoms with van der Waals surface area (Å²) in [6, 6.07) is 27.0. The Kier molecular flexibility index (Phi) is 16.7. The van der Waals surface area contributed by atoms with Gasteiger partial charge in [-0.05, 0) is 139 Å². The lowest BCUT2D eigenvalue weighted by Crippen LogP contribution is -2.49. The number of benzene rings is 4.